The Balaban J connectivity index is 2.88. The van der Waals surface area contributed by atoms with E-state index >= 15 is 0 Å². The molecule has 16 heavy (non-hydrogen) atoms. The van der Waals surface area contributed by atoms with Crippen LogP contribution in [0, 0.1) is 11.8 Å². The van der Waals surface area contributed by atoms with Crippen LogP contribution in [0.15, 0.2) is 34.3 Å². The SMILES string of the molecule is CCC(C)CC1=C(C)C(C)C=C(SC)C=C1. The van der Waals surface area contributed by atoms with E-state index in [9.17, 15) is 0 Å². The van der Waals surface area contributed by atoms with Crippen LogP contribution in [0.4, 0.5) is 0 Å². The summed E-state index contributed by atoms with van der Waals surface area (Å²) < 4.78 is 0. The summed E-state index contributed by atoms with van der Waals surface area (Å²) in [6.45, 7) is 9.20. The lowest BCUT2D eigenvalue weighted by Gasteiger charge is -2.14. The van der Waals surface area contributed by atoms with Gasteiger partial charge in [-0.3, -0.25) is 0 Å². The van der Waals surface area contributed by atoms with Crippen LogP contribution < -0.4 is 0 Å². The fourth-order valence-electron chi connectivity index (χ4n) is 1.92. The molecule has 90 valence electrons. The van der Waals surface area contributed by atoms with Crippen LogP contribution in [0.3, 0.4) is 0 Å². The van der Waals surface area contributed by atoms with Crippen molar-refractivity contribution in [3.63, 3.8) is 0 Å². The number of rotatable bonds is 4. The van der Waals surface area contributed by atoms with Crippen molar-refractivity contribution in [2.24, 2.45) is 11.8 Å². The highest BCUT2D eigenvalue weighted by atomic mass is 32.2. The van der Waals surface area contributed by atoms with Gasteiger partial charge in [0.15, 0.2) is 0 Å². The number of allylic oxidation sites excluding steroid dienone is 5. The zero-order valence-corrected chi connectivity index (χ0v) is 12.0. The predicted molar refractivity (Wildman–Crippen MR) is 76.7 cm³/mol. The fourth-order valence-corrected chi connectivity index (χ4v) is 2.46. The zero-order valence-electron chi connectivity index (χ0n) is 11.2. The van der Waals surface area contributed by atoms with E-state index in [-0.39, 0.29) is 0 Å². The summed E-state index contributed by atoms with van der Waals surface area (Å²) in [5.41, 5.74) is 3.09. The van der Waals surface area contributed by atoms with Crippen LogP contribution in [0.25, 0.3) is 0 Å². The molecule has 1 aliphatic carbocycles. The molecule has 0 N–H and O–H groups in total. The molecule has 2 atom stereocenters. The molecule has 0 aromatic carbocycles. The lowest BCUT2D eigenvalue weighted by atomic mass is 9.91. The van der Waals surface area contributed by atoms with Crippen molar-refractivity contribution in [1.82, 2.24) is 0 Å². The highest BCUT2D eigenvalue weighted by molar-refractivity contribution is 8.02. The molecule has 0 saturated carbocycles. The molecular weight excluding hydrogens is 212 g/mol. The Bertz CT molecular complexity index is 320. The fraction of sp³-hybridized carbons (Fsp3) is 0.600. The van der Waals surface area contributed by atoms with Gasteiger partial charge < -0.3 is 0 Å². The van der Waals surface area contributed by atoms with Gasteiger partial charge in [0, 0.05) is 4.91 Å². The maximum Gasteiger partial charge on any atom is 0.00352 e. The summed E-state index contributed by atoms with van der Waals surface area (Å²) >= 11 is 1.84. The third-order valence-corrected chi connectivity index (χ3v) is 4.30. The molecule has 0 bridgehead atoms. The Morgan fingerprint density at radius 3 is 2.62 bits per heavy atom. The van der Waals surface area contributed by atoms with Gasteiger partial charge in [-0.05, 0) is 43.1 Å². The third kappa shape index (κ3) is 3.55. The average Bonchev–Trinajstić information content (AvgIpc) is 2.42. The minimum absolute atomic E-state index is 0.580. The lowest BCUT2D eigenvalue weighted by molar-refractivity contribution is 0.557. The van der Waals surface area contributed by atoms with Crippen LogP contribution in [0.5, 0.6) is 0 Å². The first kappa shape index (κ1) is 13.6. The maximum atomic E-state index is 2.38. The van der Waals surface area contributed by atoms with E-state index in [2.05, 4.69) is 52.2 Å². The first-order valence-electron chi connectivity index (χ1n) is 6.22. The molecule has 0 heterocycles. The summed E-state index contributed by atoms with van der Waals surface area (Å²) in [4.78, 5) is 1.39. The van der Waals surface area contributed by atoms with E-state index in [0.29, 0.717) is 5.92 Å². The van der Waals surface area contributed by atoms with Gasteiger partial charge >= 0.3 is 0 Å². The molecule has 0 saturated heterocycles. The summed E-state index contributed by atoms with van der Waals surface area (Å²) in [6, 6.07) is 0. The van der Waals surface area contributed by atoms with E-state index in [0.717, 1.165) is 5.92 Å². The van der Waals surface area contributed by atoms with Crippen molar-refractivity contribution in [2.45, 2.75) is 40.5 Å². The highest BCUT2D eigenvalue weighted by Gasteiger charge is 2.12. The van der Waals surface area contributed by atoms with E-state index in [1.54, 1.807) is 11.1 Å². The minimum Gasteiger partial charge on any atom is -0.130 e. The Morgan fingerprint density at radius 2 is 2.06 bits per heavy atom. The van der Waals surface area contributed by atoms with Crippen molar-refractivity contribution in [3.8, 4) is 0 Å². The summed E-state index contributed by atoms with van der Waals surface area (Å²) in [6.07, 6.45) is 11.6. The monoisotopic (exact) mass is 236 g/mol. The topological polar surface area (TPSA) is 0 Å². The Labute approximate surface area is 105 Å². The Morgan fingerprint density at radius 1 is 1.38 bits per heavy atom. The van der Waals surface area contributed by atoms with E-state index in [1.165, 1.54) is 17.7 Å². The number of hydrogen-bond donors (Lipinski definition) is 0. The van der Waals surface area contributed by atoms with Gasteiger partial charge in [0.05, 0.1) is 0 Å². The van der Waals surface area contributed by atoms with Crippen molar-refractivity contribution >= 4 is 11.8 Å². The first-order valence-corrected chi connectivity index (χ1v) is 7.44. The standard InChI is InChI=1S/C15H24S/c1-6-11(2)9-14-7-8-15(16-5)10-12(3)13(14)4/h7-8,10-12H,6,9H2,1-5H3. The smallest absolute Gasteiger partial charge is 0.00352 e. The van der Waals surface area contributed by atoms with Gasteiger partial charge in [-0.25, -0.2) is 0 Å². The molecule has 0 aromatic rings. The number of hydrogen-bond acceptors (Lipinski definition) is 1. The van der Waals surface area contributed by atoms with Gasteiger partial charge in [-0.15, -0.1) is 11.8 Å². The molecular formula is C15H24S. The molecule has 2 unspecified atom stereocenters. The van der Waals surface area contributed by atoms with Crippen molar-refractivity contribution in [2.75, 3.05) is 6.26 Å². The second kappa shape index (κ2) is 6.34. The molecule has 0 radical (unpaired) electrons. The van der Waals surface area contributed by atoms with Crippen LogP contribution in [0.1, 0.15) is 40.5 Å². The normalized spacial score (nSPS) is 23.1. The summed E-state index contributed by atoms with van der Waals surface area (Å²) in [7, 11) is 0. The van der Waals surface area contributed by atoms with Crippen LogP contribution in [-0.2, 0) is 0 Å². The highest BCUT2D eigenvalue weighted by Crippen LogP contribution is 2.30. The molecule has 0 aromatic heterocycles. The quantitative estimate of drug-likeness (QED) is 0.647. The van der Waals surface area contributed by atoms with Gasteiger partial charge in [0.2, 0.25) is 0 Å². The Kier molecular flexibility index (Phi) is 5.40. The zero-order chi connectivity index (χ0) is 12.1. The van der Waals surface area contributed by atoms with Crippen LogP contribution in [0.2, 0.25) is 0 Å². The van der Waals surface area contributed by atoms with E-state index < -0.39 is 0 Å². The Hall–Kier alpha value is -0.430. The molecule has 0 amide bonds. The summed E-state index contributed by atoms with van der Waals surface area (Å²) in [5.74, 6) is 1.37. The predicted octanol–water partition coefficient (Wildman–Crippen LogP) is 5.19. The van der Waals surface area contributed by atoms with E-state index in [1.807, 2.05) is 11.8 Å². The molecule has 1 aliphatic rings. The van der Waals surface area contributed by atoms with Crippen molar-refractivity contribution < 1.29 is 0 Å². The largest absolute Gasteiger partial charge is 0.130 e. The van der Waals surface area contributed by atoms with Crippen LogP contribution >= 0.6 is 11.8 Å². The molecule has 1 heteroatoms. The minimum atomic E-state index is 0.580. The molecule has 1 rings (SSSR count). The second-order valence-electron chi connectivity index (χ2n) is 4.82. The third-order valence-electron chi connectivity index (χ3n) is 3.55. The van der Waals surface area contributed by atoms with Gasteiger partial charge in [-0.2, -0.15) is 0 Å². The number of thioether (sulfide) groups is 1. The molecule has 0 nitrogen and oxygen atoms in total. The maximum absolute atomic E-state index is 2.38. The van der Waals surface area contributed by atoms with Crippen molar-refractivity contribution in [1.29, 1.82) is 0 Å². The van der Waals surface area contributed by atoms with E-state index in [4.69, 9.17) is 0 Å². The second-order valence-corrected chi connectivity index (χ2v) is 5.70. The van der Waals surface area contributed by atoms with Gasteiger partial charge in [-0.1, -0.05) is 44.9 Å². The van der Waals surface area contributed by atoms with Gasteiger partial charge in [0.25, 0.3) is 0 Å². The van der Waals surface area contributed by atoms with Crippen LogP contribution in [-0.4, -0.2) is 6.26 Å². The molecule has 0 spiro atoms. The molecule has 0 fully saturated rings. The van der Waals surface area contributed by atoms with Gasteiger partial charge in [0.1, 0.15) is 0 Å². The summed E-state index contributed by atoms with van der Waals surface area (Å²) in [5, 5.41) is 0. The lowest BCUT2D eigenvalue weighted by Crippen LogP contribution is -2.00. The van der Waals surface area contributed by atoms with Crippen molar-refractivity contribution in [3.05, 3.63) is 34.3 Å². The molecule has 0 aliphatic heterocycles. The average molecular weight is 236 g/mol. The first-order chi connectivity index (χ1) is 7.58.